The number of para-hydroxylation sites is 2. The molecule has 7 rings (SSSR count). The molecule has 2 unspecified atom stereocenters. The largest absolute Gasteiger partial charge is 0.463 e. The maximum atomic E-state index is 14.8. The number of carbonyl (C=O) groups excluding carboxylic acids is 5. The summed E-state index contributed by atoms with van der Waals surface area (Å²) < 4.78 is 34.9. The van der Waals surface area contributed by atoms with Gasteiger partial charge in [-0.2, -0.15) is 0 Å². The molecule has 10 heteroatoms. The molecule has 3 aliphatic carbocycles. The molecule has 0 spiro atoms. The maximum absolute atomic E-state index is 14.8. The number of rotatable bonds is 4. The summed E-state index contributed by atoms with van der Waals surface area (Å²) in [5.41, 5.74) is -1.71. The lowest BCUT2D eigenvalue weighted by Crippen LogP contribution is -2.61. The first kappa shape index (κ1) is 25.1. The quantitative estimate of drug-likeness (QED) is 0.440. The summed E-state index contributed by atoms with van der Waals surface area (Å²) in [5, 5.41) is 0. The highest BCUT2D eigenvalue weighted by Gasteiger charge is 2.77. The molecule has 2 saturated heterocycles. The van der Waals surface area contributed by atoms with Crippen LogP contribution in [0.25, 0.3) is 0 Å². The van der Waals surface area contributed by atoms with Crippen LogP contribution in [0.5, 0.6) is 0 Å². The van der Waals surface area contributed by atoms with Crippen molar-refractivity contribution in [3.05, 3.63) is 71.3 Å². The van der Waals surface area contributed by atoms with Crippen LogP contribution in [0.3, 0.4) is 0 Å². The van der Waals surface area contributed by atoms with Gasteiger partial charge < -0.3 is 4.74 Å². The van der Waals surface area contributed by atoms with Gasteiger partial charge in [0.2, 0.25) is 23.6 Å². The molecule has 2 heterocycles. The van der Waals surface area contributed by atoms with E-state index in [1.165, 1.54) is 43.3 Å². The lowest BCUT2D eigenvalue weighted by Gasteiger charge is -2.55. The fraction of sp³-hybridized carbons (Fsp3) is 0.345. The van der Waals surface area contributed by atoms with E-state index in [0.717, 1.165) is 21.9 Å². The molecule has 2 aromatic rings. The van der Waals surface area contributed by atoms with Crippen molar-refractivity contribution in [3.63, 3.8) is 0 Å². The lowest BCUT2D eigenvalue weighted by atomic mass is 9.43. The van der Waals surface area contributed by atoms with Gasteiger partial charge in [0.1, 0.15) is 11.6 Å². The second-order valence-corrected chi connectivity index (χ2v) is 10.5. The molecular formula is C29H24F2N2O6. The fourth-order valence-corrected chi connectivity index (χ4v) is 7.55. The molecule has 6 atom stereocenters. The molecule has 2 aliphatic heterocycles. The van der Waals surface area contributed by atoms with Crippen LogP contribution in [-0.4, -0.2) is 36.2 Å². The van der Waals surface area contributed by atoms with E-state index in [4.69, 9.17) is 4.74 Å². The topological polar surface area (TPSA) is 101 Å². The number of anilines is 2. The number of amides is 4. The van der Waals surface area contributed by atoms with Crippen LogP contribution in [0.4, 0.5) is 20.2 Å². The van der Waals surface area contributed by atoms with Crippen LogP contribution in [0.2, 0.25) is 0 Å². The number of hydrogen-bond donors (Lipinski definition) is 0. The van der Waals surface area contributed by atoms with Crippen molar-refractivity contribution in [2.24, 2.45) is 35.0 Å². The molecule has 8 nitrogen and oxygen atoms in total. The first-order valence-electron chi connectivity index (χ1n) is 12.7. The molecule has 2 bridgehead atoms. The number of hydrogen-bond acceptors (Lipinski definition) is 6. The molecule has 0 radical (unpaired) electrons. The summed E-state index contributed by atoms with van der Waals surface area (Å²) in [5.74, 6) is -11.0. The van der Waals surface area contributed by atoms with Crippen LogP contribution in [-0.2, 0) is 28.7 Å². The van der Waals surface area contributed by atoms with Crippen LogP contribution < -0.4 is 9.80 Å². The van der Waals surface area contributed by atoms with Gasteiger partial charge in [0.25, 0.3) is 0 Å². The summed E-state index contributed by atoms with van der Waals surface area (Å²) in [6.45, 7) is 4.73. The van der Waals surface area contributed by atoms with E-state index < -0.39 is 76.2 Å². The molecular weight excluding hydrogens is 510 g/mol. The Hall–Kier alpha value is -4.21. The molecule has 0 aromatic heterocycles. The third-order valence-corrected chi connectivity index (χ3v) is 8.87. The normalized spacial score (nSPS) is 31.3. The van der Waals surface area contributed by atoms with Crippen molar-refractivity contribution in [2.75, 3.05) is 16.4 Å². The molecule has 1 saturated carbocycles. The van der Waals surface area contributed by atoms with E-state index >= 15 is 0 Å². The van der Waals surface area contributed by atoms with Crippen molar-refractivity contribution >= 4 is 41.0 Å². The predicted molar refractivity (Wildman–Crippen MR) is 133 cm³/mol. The summed E-state index contributed by atoms with van der Waals surface area (Å²) in [7, 11) is 0. The van der Waals surface area contributed by atoms with Crippen molar-refractivity contribution < 1.29 is 37.5 Å². The van der Waals surface area contributed by atoms with Gasteiger partial charge in [0, 0.05) is 16.9 Å². The zero-order valence-electron chi connectivity index (χ0n) is 21.3. The van der Waals surface area contributed by atoms with Gasteiger partial charge in [0.05, 0.1) is 41.7 Å². The van der Waals surface area contributed by atoms with Gasteiger partial charge >= 0.3 is 5.97 Å². The Kier molecular flexibility index (Phi) is 5.40. The van der Waals surface area contributed by atoms with E-state index in [0.29, 0.717) is 5.57 Å². The molecule has 200 valence electrons. The summed E-state index contributed by atoms with van der Waals surface area (Å²) in [6.07, 6.45) is 0. The van der Waals surface area contributed by atoms with E-state index in [1.807, 2.05) is 0 Å². The Morgan fingerprint density at radius 1 is 0.795 bits per heavy atom. The first-order chi connectivity index (χ1) is 18.6. The highest BCUT2D eigenvalue weighted by Crippen LogP contribution is 2.68. The number of esters is 1. The van der Waals surface area contributed by atoms with Crippen molar-refractivity contribution in [1.82, 2.24) is 0 Å². The third kappa shape index (κ3) is 2.99. The van der Waals surface area contributed by atoms with Gasteiger partial charge in [0.15, 0.2) is 0 Å². The minimum Gasteiger partial charge on any atom is -0.463 e. The van der Waals surface area contributed by atoms with Crippen molar-refractivity contribution in [3.8, 4) is 0 Å². The fourth-order valence-electron chi connectivity index (χ4n) is 7.55. The summed E-state index contributed by atoms with van der Waals surface area (Å²) >= 11 is 0. The number of ether oxygens (including phenoxy) is 1. The van der Waals surface area contributed by atoms with Crippen LogP contribution in [0, 0.1) is 46.6 Å². The number of carbonyl (C=O) groups is 5. The number of imide groups is 2. The highest BCUT2D eigenvalue weighted by atomic mass is 19.1. The lowest BCUT2D eigenvalue weighted by molar-refractivity contribution is -0.155. The zero-order valence-corrected chi connectivity index (χ0v) is 21.3. The van der Waals surface area contributed by atoms with Gasteiger partial charge in [-0.05, 0) is 38.1 Å². The average Bonchev–Trinajstić information content (AvgIpc) is 3.31. The van der Waals surface area contributed by atoms with Crippen LogP contribution in [0.15, 0.2) is 59.7 Å². The number of nitrogens with zero attached hydrogens (tertiary/aromatic N) is 2. The number of allylic oxidation sites excluding steroid dienone is 1. The van der Waals surface area contributed by atoms with Gasteiger partial charge in [-0.15, -0.1) is 0 Å². The Morgan fingerprint density at radius 3 is 1.64 bits per heavy atom. The molecule has 3 fully saturated rings. The summed E-state index contributed by atoms with van der Waals surface area (Å²) in [4.78, 5) is 70.7. The van der Waals surface area contributed by atoms with Gasteiger partial charge in [-0.1, -0.05) is 36.8 Å². The van der Waals surface area contributed by atoms with E-state index in [1.54, 1.807) is 13.8 Å². The Balaban J connectivity index is 1.57. The monoisotopic (exact) mass is 534 g/mol. The Bertz CT molecular complexity index is 1440. The highest BCUT2D eigenvalue weighted by molar-refractivity contribution is 6.27. The molecule has 4 amide bonds. The number of benzene rings is 2. The van der Waals surface area contributed by atoms with Crippen LogP contribution >= 0.6 is 0 Å². The van der Waals surface area contributed by atoms with Crippen molar-refractivity contribution in [2.45, 2.75) is 20.8 Å². The predicted octanol–water partition coefficient (Wildman–Crippen LogP) is 3.41. The second kappa shape index (κ2) is 8.39. The van der Waals surface area contributed by atoms with E-state index in [2.05, 4.69) is 0 Å². The minimum absolute atomic E-state index is 0.0149. The Morgan fingerprint density at radius 2 is 1.23 bits per heavy atom. The third-order valence-electron chi connectivity index (χ3n) is 8.87. The van der Waals surface area contributed by atoms with Crippen LogP contribution in [0.1, 0.15) is 20.8 Å². The minimum atomic E-state index is -1.65. The average molecular weight is 535 g/mol. The standard InChI is InChI=1S/C29H24F2N2O6/c1-4-39-28(38)21-13(2)18-19-22(26(36)32(24(19)34)16-11-7-5-9-14(16)30)29(21,3)23-20(18)25(35)33(27(23)37)17-12-8-6-10-15(17)31/h5-12,18-20,22-23H,4H2,1-3H3/t18?,19-,20-,22-,23+,29?/m0/s1. The molecule has 2 aromatic carbocycles. The van der Waals surface area contributed by atoms with E-state index in [9.17, 15) is 32.8 Å². The molecule has 39 heavy (non-hydrogen) atoms. The second-order valence-electron chi connectivity index (χ2n) is 10.5. The molecule has 5 aliphatic rings. The van der Waals surface area contributed by atoms with Gasteiger partial charge in [-0.3, -0.25) is 19.2 Å². The summed E-state index contributed by atoms with van der Waals surface area (Å²) in [6, 6.07) is 10.7. The van der Waals surface area contributed by atoms with Gasteiger partial charge in [-0.25, -0.2) is 23.4 Å². The molecule has 0 N–H and O–H groups in total. The van der Waals surface area contributed by atoms with Crippen molar-refractivity contribution in [1.29, 1.82) is 0 Å². The van der Waals surface area contributed by atoms with E-state index in [-0.39, 0.29) is 23.6 Å². The SMILES string of the molecule is CCOC(=O)C1=C(C)C2[C@@H]3C(=O)N(c4ccccc4F)C(=O)[C@H]3C1(C)[C@H]1C(=O)N(c3ccccc3F)C(=O)[C@@H]21. The number of halogens is 2. The maximum Gasteiger partial charge on any atom is 0.334 e. The first-order valence-corrected chi connectivity index (χ1v) is 12.7. The smallest absolute Gasteiger partial charge is 0.334 e. The Labute approximate surface area is 222 Å². The zero-order chi connectivity index (χ0) is 28.0.